The number of thioether (sulfide) groups is 1. The third-order valence-corrected chi connectivity index (χ3v) is 10.8. The molecule has 1 fully saturated rings. The number of β-lactam (4-membered cyclic amide) rings is 1. The number of nitrogens with one attached hydrogen (secondary N) is 2. The lowest BCUT2D eigenvalue weighted by Crippen LogP contribution is -2.71. The van der Waals surface area contributed by atoms with Gasteiger partial charge in [0.2, 0.25) is 6.10 Å². The first kappa shape index (κ1) is 37.6. The molecule has 2 aliphatic rings. The second-order valence-corrected chi connectivity index (χ2v) is 15.6. The lowest BCUT2D eigenvalue weighted by molar-refractivity contribution is -0.167. The van der Waals surface area contributed by atoms with E-state index in [9.17, 15) is 24.3 Å². The van der Waals surface area contributed by atoms with Crippen molar-refractivity contribution in [3.63, 3.8) is 0 Å². The number of ether oxygens (including phenoxy) is 1. The number of esters is 1. The predicted molar refractivity (Wildman–Crippen MR) is 203 cm³/mol. The zero-order chi connectivity index (χ0) is 37.9. The lowest BCUT2D eigenvalue weighted by atomic mass is 9.77. The van der Waals surface area contributed by atoms with Gasteiger partial charge in [-0.1, -0.05) is 108 Å². The summed E-state index contributed by atoms with van der Waals surface area (Å²) in [6, 6.07) is 28.6. The van der Waals surface area contributed by atoms with Gasteiger partial charge in [0, 0.05) is 11.1 Å². The van der Waals surface area contributed by atoms with Crippen LogP contribution < -0.4 is 10.6 Å². The van der Waals surface area contributed by atoms with Crippen molar-refractivity contribution in [1.82, 2.24) is 15.2 Å². The number of rotatable bonds is 12. The Morgan fingerprint density at radius 1 is 0.962 bits per heavy atom. The second kappa shape index (κ2) is 15.4. The third kappa shape index (κ3) is 7.80. The minimum Gasteiger partial charge on any atom is -0.477 e. The molecule has 0 saturated carbocycles. The topological polar surface area (TPSA) is 160 Å². The minimum absolute atomic E-state index is 0.0312. The van der Waals surface area contributed by atoms with E-state index in [2.05, 4.69) is 15.8 Å². The molecule has 1 aromatic heterocycles. The van der Waals surface area contributed by atoms with Crippen LogP contribution in [-0.2, 0) is 34.3 Å². The molecule has 4 aromatic rings. The second-order valence-electron chi connectivity index (χ2n) is 13.2. The highest BCUT2D eigenvalue weighted by molar-refractivity contribution is 8.00. The zero-order valence-electron chi connectivity index (χ0n) is 29.1. The van der Waals surface area contributed by atoms with Crippen molar-refractivity contribution in [1.29, 1.82) is 0 Å². The van der Waals surface area contributed by atoms with E-state index in [0.29, 0.717) is 5.13 Å². The summed E-state index contributed by atoms with van der Waals surface area (Å²) < 4.78 is 5.41. The van der Waals surface area contributed by atoms with Crippen molar-refractivity contribution < 1.29 is 33.9 Å². The Morgan fingerprint density at radius 2 is 1.51 bits per heavy atom. The Balaban J connectivity index is 1.36. The minimum atomic E-state index is -1.34. The molecule has 2 aliphatic heterocycles. The fraction of sp³-hybridized carbons (Fsp3) is 0.263. The number of hydrogen-bond donors (Lipinski definition) is 3. The first-order chi connectivity index (χ1) is 25.3. The van der Waals surface area contributed by atoms with Crippen LogP contribution in [0.25, 0.3) is 0 Å². The van der Waals surface area contributed by atoms with Crippen LogP contribution in [0.2, 0.25) is 0 Å². The van der Waals surface area contributed by atoms with E-state index in [1.807, 2.05) is 91.0 Å². The number of carboxylic acid groups (broad SMARTS) is 1. The van der Waals surface area contributed by atoms with Crippen LogP contribution in [0.5, 0.6) is 0 Å². The molecule has 15 heteroatoms. The lowest BCUT2D eigenvalue weighted by Gasteiger charge is -2.48. The molecule has 3 heterocycles. The van der Waals surface area contributed by atoms with E-state index in [1.165, 1.54) is 30.0 Å². The summed E-state index contributed by atoms with van der Waals surface area (Å²) in [5.41, 5.74) is 0.559. The number of halogens is 1. The number of anilines is 1. The molecule has 274 valence electrons. The maximum Gasteiger partial charge on any atom is 0.353 e. The van der Waals surface area contributed by atoms with E-state index in [0.717, 1.165) is 21.6 Å². The van der Waals surface area contributed by atoms with Crippen molar-refractivity contribution in [3.8, 4) is 0 Å². The summed E-state index contributed by atoms with van der Waals surface area (Å²) in [5.74, 6) is -3.37. The Morgan fingerprint density at radius 3 is 2.02 bits per heavy atom. The molecule has 3 N–H and O–H groups in total. The van der Waals surface area contributed by atoms with Crippen LogP contribution in [0, 0.1) is 0 Å². The maximum atomic E-state index is 14.0. The van der Waals surface area contributed by atoms with Gasteiger partial charge in [-0.25, -0.2) is 14.6 Å². The molecule has 53 heavy (non-hydrogen) atoms. The number of aromatic nitrogens is 1. The average molecular weight is 774 g/mol. The Labute approximate surface area is 319 Å². The number of aliphatic carboxylic acids is 1. The quantitative estimate of drug-likeness (QED) is 0.0518. The predicted octanol–water partition coefficient (Wildman–Crippen LogP) is 5.93. The first-order valence-corrected chi connectivity index (χ1v) is 18.9. The Bertz CT molecular complexity index is 1970. The van der Waals surface area contributed by atoms with Gasteiger partial charge in [-0.3, -0.25) is 14.5 Å². The molecule has 3 atom stereocenters. The van der Waals surface area contributed by atoms with Crippen LogP contribution >= 0.6 is 34.7 Å². The van der Waals surface area contributed by atoms with E-state index < -0.39 is 52.4 Å². The standard InChI is InChI=1S/C38H36ClN5O7S2/c1-22(35(49)50-37(2,3)4)51-43-28(31(45)41-29-32(46)44-30(34(47)48)26(39)20-52-33(29)44)27-21-53-36(40-27)42-38(23-14-8-5-9-15-23,24-16-10-6-11-17-24)25-18-12-7-13-19-25/h5-19,21-22,29,33H,20H2,1-4H3,(H,40,42)(H,41,45)(H,47,48)/b43-28-/t22-,29+,33-/m0/s1. The molecule has 0 bridgehead atoms. The molecule has 6 rings (SSSR count). The summed E-state index contributed by atoms with van der Waals surface area (Å²) >= 11 is 8.57. The number of oxime groups is 1. The van der Waals surface area contributed by atoms with Crippen molar-refractivity contribution in [3.05, 3.63) is 129 Å². The fourth-order valence-corrected chi connectivity index (χ4v) is 8.24. The first-order valence-electron chi connectivity index (χ1n) is 16.5. The molecular formula is C38H36ClN5O7S2. The van der Waals surface area contributed by atoms with Crippen molar-refractivity contribution in [2.24, 2.45) is 5.16 Å². The van der Waals surface area contributed by atoms with Crippen LogP contribution in [0.15, 0.2) is 112 Å². The number of carbonyl (C=O) groups is 4. The van der Waals surface area contributed by atoms with Gasteiger partial charge >= 0.3 is 11.9 Å². The van der Waals surface area contributed by atoms with Gasteiger partial charge in [0.25, 0.3) is 11.8 Å². The summed E-state index contributed by atoms with van der Waals surface area (Å²) in [5, 5.41) is 21.5. The monoisotopic (exact) mass is 773 g/mol. The summed E-state index contributed by atoms with van der Waals surface area (Å²) in [7, 11) is 0. The zero-order valence-corrected chi connectivity index (χ0v) is 31.5. The SMILES string of the molecule is C[C@H](O/N=C(\C(=O)N[C@@H]1C(=O)N2C(C(=O)O)=C(Cl)CS[C@@H]12)c1csc(NC(c2ccccc2)(c2ccccc2)c2ccccc2)n1)C(=O)OC(C)(C)C. The van der Waals surface area contributed by atoms with E-state index in [-0.39, 0.29) is 27.9 Å². The number of nitrogens with zero attached hydrogens (tertiary/aromatic N) is 3. The molecule has 1 saturated heterocycles. The van der Waals surface area contributed by atoms with Crippen LogP contribution in [0.4, 0.5) is 5.13 Å². The Hall–Kier alpha value is -5.18. The summed E-state index contributed by atoms with van der Waals surface area (Å²) in [6.07, 6.45) is -1.20. The molecule has 0 spiro atoms. The van der Waals surface area contributed by atoms with Crippen molar-refractivity contribution in [2.75, 3.05) is 11.1 Å². The fourth-order valence-electron chi connectivity index (χ4n) is 5.94. The highest BCUT2D eigenvalue weighted by atomic mass is 35.5. The average Bonchev–Trinajstić information content (AvgIpc) is 3.60. The third-order valence-electron chi connectivity index (χ3n) is 8.33. The smallest absolute Gasteiger partial charge is 0.353 e. The van der Waals surface area contributed by atoms with E-state index in [4.69, 9.17) is 26.2 Å². The van der Waals surface area contributed by atoms with Gasteiger partial charge in [0.15, 0.2) is 10.8 Å². The van der Waals surface area contributed by atoms with Gasteiger partial charge in [-0.15, -0.1) is 23.1 Å². The summed E-state index contributed by atoms with van der Waals surface area (Å²) in [6.45, 7) is 6.57. The molecule has 3 aromatic carbocycles. The van der Waals surface area contributed by atoms with Crippen molar-refractivity contribution in [2.45, 2.75) is 56.4 Å². The van der Waals surface area contributed by atoms with Gasteiger partial charge in [-0.05, 0) is 44.4 Å². The van der Waals surface area contributed by atoms with Gasteiger partial charge in [0.05, 0.1) is 5.03 Å². The molecule has 0 radical (unpaired) electrons. The molecule has 0 unspecified atom stereocenters. The van der Waals surface area contributed by atoms with E-state index >= 15 is 0 Å². The van der Waals surface area contributed by atoms with Crippen LogP contribution in [0.1, 0.15) is 50.1 Å². The molecular weight excluding hydrogens is 738 g/mol. The largest absolute Gasteiger partial charge is 0.477 e. The number of benzene rings is 3. The number of amides is 2. The Kier molecular flexibility index (Phi) is 10.9. The summed E-state index contributed by atoms with van der Waals surface area (Å²) in [4.78, 5) is 63.2. The number of carboxylic acids is 1. The normalized spacial score (nSPS) is 18.0. The van der Waals surface area contributed by atoms with Gasteiger partial charge in [-0.2, -0.15) is 0 Å². The molecule has 0 aliphatic carbocycles. The molecule has 2 amide bonds. The van der Waals surface area contributed by atoms with Gasteiger partial charge < -0.3 is 25.3 Å². The number of thiazole rings is 1. The maximum absolute atomic E-state index is 14.0. The number of hydrogen-bond acceptors (Lipinski definition) is 11. The van der Waals surface area contributed by atoms with Crippen LogP contribution in [-0.4, -0.2) is 73.3 Å². The molecule has 12 nitrogen and oxygen atoms in total. The highest BCUT2D eigenvalue weighted by Gasteiger charge is 2.54. The number of carbonyl (C=O) groups excluding carboxylic acids is 3. The number of fused-ring (bicyclic) bond motifs is 1. The van der Waals surface area contributed by atoms with Gasteiger partial charge in [0.1, 0.15) is 33.9 Å². The van der Waals surface area contributed by atoms with E-state index in [1.54, 1.807) is 26.2 Å². The van der Waals surface area contributed by atoms with Crippen molar-refractivity contribution >= 4 is 69.3 Å². The highest BCUT2D eigenvalue weighted by Crippen LogP contribution is 2.42. The van der Waals surface area contributed by atoms with Crippen LogP contribution in [0.3, 0.4) is 0 Å².